The first-order chi connectivity index (χ1) is 13.9. The smallest absolute Gasteiger partial charge is 0.396 e. The van der Waals surface area contributed by atoms with Crippen LogP contribution in [0.5, 0.6) is 0 Å². The topological polar surface area (TPSA) is 66.0 Å². The van der Waals surface area contributed by atoms with Gasteiger partial charge in [0.2, 0.25) is 0 Å². The number of rotatable bonds is 12. The molecule has 0 saturated carbocycles. The number of aromatic amines is 1. The second kappa shape index (κ2) is 11.8. The highest BCUT2D eigenvalue weighted by Gasteiger charge is 2.33. The number of aromatic nitrogens is 2. The number of alkyl halides is 3. The van der Waals surface area contributed by atoms with Crippen molar-refractivity contribution in [2.45, 2.75) is 70.4 Å². The molecule has 2 N–H and O–H groups in total. The molecule has 2 rings (SSSR count). The summed E-state index contributed by atoms with van der Waals surface area (Å²) in [7, 11) is 0. The van der Waals surface area contributed by atoms with E-state index in [1.165, 1.54) is 18.2 Å². The minimum Gasteiger partial charge on any atom is -0.396 e. The van der Waals surface area contributed by atoms with E-state index in [2.05, 4.69) is 10.2 Å². The van der Waals surface area contributed by atoms with Crippen LogP contribution in [-0.4, -0.2) is 21.9 Å². The lowest BCUT2D eigenvalue weighted by molar-refractivity contribution is -0.138. The molecule has 0 radical (unpaired) electrons. The zero-order valence-corrected chi connectivity index (χ0v) is 16.6. The highest BCUT2D eigenvalue weighted by Crippen LogP contribution is 2.35. The monoisotopic (exact) mass is 410 g/mol. The van der Waals surface area contributed by atoms with Crippen LogP contribution in [-0.2, 0) is 12.6 Å². The van der Waals surface area contributed by atoms with Crippen molar-refractivity contribution in [1.29, 1.82) is 0 Å². The largest absolute Gasteiger partial charge is 0.416 e. The Morgan fingerprint density at radius 3 is 2.03 bits per heavy atom. The number of aryl methyl sites for hydroxylation is 1. The molecule has 0 amide bonds. The highest BCUT2D eigenvalue weighted by molar-refractivity contribution is 5.60. The average Bonchev–Trinajstić information content (AvgIpc) is 2.69. The van der Waals surface area contributed by atoms with Crippen LogP contribution in [0.1, 0.15) is 68.9 Å². The summed E-state index contributed by atoms with van der Waals surface area (Å²) in [5, 5.41) is 14.8. The Balaban J connectivity index is 1.87. The van der Waals surface area contributed by atoms with E-state index >= 15 is 0 Å². The Labute approximate surface area is 169 Å². The Kier molecular flexibility index (Phi) is 9.38. The van der Waals surface area contributed by atoms with Crippen molar-refractivity contribution in [3.63, 3.8) is 0 Å². The Morgan fingerprint density at radius 2 is 1.48 bits per heavy atom. The predicted octanol–water partition coefficient (Wildman–Crippen LogP) is 5.50. The molecule has 0 atom stereocenters. The van der Waals surface area contributed by atoms with E-state index in [0.717, 1.165) is 63.9 Å². The van der Waals surface area contributed by atoms with Gasteiger partial charge in [-0.05, 0) is 37.0 Å². The molecule has 0 aliphatic heterocycles. The zero-order valence-electron chi connectivity index (χ0n) is 16.6. The molecule has 0 unspecified atom stereocenters. The lowest BCUT2D eigenvalue weighted by Gasteiger charge is -2.14. The standard InChI is InChI=1S/C22H29F3N2O2/c23-22(24,25)19-16-18(20-13-14-21(29)27-26-20)12-11-17(19)10-8-6-4-2-1-3-5-7-9-15-28/h11-14,16,28H,1-10,15H2,(H,27,29). The number of hydrogen-bond acceptors (Lipinski definition) is 3. The molecule has 0 spiro atoms. The molecule has 0 saturated heterocycles. The van der Waals surface area contributed by atoms with Crippen molar-refractivity contribution in [3.8, 4) is 11.3 Å². The molecule has 1 heterocycles. The van der Waals surface area contributed by atoms with Gasteiger partial charge < -0.3 is 5.11 Å². The molecule has 29 heavy (non-hydrogen) atoms. The molecule has 0 aliphatic rings. The van der Waals surface area contributed by atoms with E-state index in [0.29, 0.717) is 23.2 Å². The number of halogens is 3. The summed E-state index contributed by atoms with van der Waals surface area (Å²) in [5.41, 5.74) is -0.0905. The Morgan fingerprint density at radius 1 is 0.862 bits per heavy atom. The number of aliphatic hydroxyl groups is 1. The summed E-state index contributed by atoms with van der Waals surface area (Å²) in [4.78, 5) is 11.1. The fraction of sp³-hybridized carbons (Fsp3) is 0.545. The Hall–Kier alpha value is -2.15. The first kappa shape index (κ1) is 23.1. The highest BCUT2D eigenvalue weighted by atomic mass is 19.4. The minimum atomic E-state index is -4.43. The zero-order chi connectivity index (χ0) is 21.1. The van der Waals surface area contributed by atoms with Gasteiger partial charge in [0, 0.05) is 18.2 Å². The third-order valence-corrected chi connectivity index (χ3v) is 4.99. The van der Waals surface area contributed by atoms with Crippen LogP contribution in [0.2, 0.25) is 0 Å². The number of nitrogens with zero attached hydrogens (tertiary/aromatic N) is 1. The number of nitrogens with one attached hydrogen (secondary N) is 1. The van der Waals surface area contributed by atoms with Crippen LogP contribution in [0.15, 0.2) is 35.1 Å². The lowest BCUT2D eigenvalue weighted by atomic mass is 9.97. The summed E-state index contributed by atoms with van der Waals surface area (Å²) in [6.07, 6.45) is 5.07. The number of benzene rings is 1. The molecule has 7 heteroatoms. The lowest BCUT2D eigenvalue weighted by Crippen LogP contribution is -2.10. The van der Waals surface area contributed by atoms with Gasteiger partial charge in [0.25, 0.3) is 5.56 Å². The van der Waals surface area contributed by atoms with Crippen LogP contribution in [0, 0.1) is 0 Å². The van der Waals surface area contributed by atoms with Crippen molar-refractivity contribution < 1.29 is 18.3 Å². The van der Waals surface area contributed by atoms with E-state index < -0.39 is 17.3 Å². The molecule has 0 aliphatic carbocycles. The molecule has 160 valence electrons. The molecule has 1 aromatic carbocycles. The first-order valence-corrected chi connectivity index (χ1v) is 10.3. The van der Waals surface area contributed by atoms with Crippen LogP contribution in [0.4, 0.5) is 13.2 Å². The van der Waals surface area contributed by atoms with Crippen LogP contribution in [0.3, 0.4) is 0 Å². The normalized spacial score (nSPS) is 11.7. The fourth-order valence-corrected chi connectivity index (χ4v) is 3.39. The van der Waals surface area contributed by atoms with Crippen molar-refractivity contribution in [1.82, 2.24) is 10.2 Å². The average molecular weight is 410 g/mol. The summed E-state index contributed by atoms with van der Waals surface area (Å²) >= 11 is 0. The van der Waals surface area contributed by atoms with E-state index in [-0.39, 0.29) is 6.61 Å². The SMILES string of the molecule is O=c1ccc(-c2ccc(CCCCCCCCCCCO)c(C(F)(F)F)c2)n[nH]1. The molecule has 0 bridgehead atoms. The predicted molar refractivity (Wildman–Crippen MR) is 108 cm³/mol. The van der Waals surface area contributed by atoms with Crippen molar-refractivity contribution >= 4 is 0 Å². The second-order valence-electron chi connectivity index (χ2n) is 7.33. The van der Waals surface area contributed by atoms with Gasteiger partial charge in [-0.2, -0.15) is 18.3 Å². The number of aliphatic hydroxyl groups excluding tert-OH is 1. The molecule has 0 fully saturated rings. The summed E-state index contributed by atoms with van der Waals surface area (Å²) in [5.74, 6) is 0. The number of hydrogen-bond donors (Lipinski definition) is 2. The van der Waals surface area contributed by atoms with E-state index in [1.807, 2.05) is 0 Å². The summed E-state index contributed by atoms with van der Waals surface area (Å²) in [6.45, 7) is 0.252. The van der Waals surface area contributed by atoms with Crippen molar-refractivity contribution in [3.05, 3.63) is 51.8 Å². The quantitative estimate of drug-likeness (QED) is 0.454. The van der Waals surface area contributed by atoms with Gasteiger partial charge in [0.15, 0.2) is 0 Å². The maximum atomic E-state index is 13.5. The fourth-order valence-electron chi connectivity index (χ4n) is 3.39. The Bertz CT molecular complexity index is 783. The van der Waals surface area contributed by atoms with Gasteiger partial charge in [0.1, 0.15) is 0 Å². The second-order valence-corrected chi connectivity index (χ2v) is 7.33. The maximum absolute atomic E-state index is 13.5. The summed E-state index contributed by atoms with van der Waals surface area (Å²) < 4.78 is 40.6. The molecular weight excluding hydrogens is 381 g/mol. The molecule has 4 nitrogen and oxygen atoms in total. The molecule has 1 aromatic heterocycles. The third kappa shape index (κ3) is 8.01. The van der Waals surface area contributed by atoms with Gasteiger partial charge in [-0.15, -0.1) is 0 Å². The van der Waals surface area contributed by atoms with E-state index in [1.54, 1.807) is 6.07 Å². The van der Waals surface area contributed by atoms with Crippen LogP contribution in [0.25, 0.3) is 11.3 Å². The van der Waals surface area contributed by atoms with Gasteiger partial charge in [-0.1, -0.05) is 57.1 Å². The van der Waals surface area contributed by atoms with Gasteiger partial charge in [-0.3, -0.25) is 4.79 Å². The minimum absolute atomic E-state index is 0.252. The van der Waals surface area contributed by atoms with Crippen molar-refractivity contribution in [2.24, 2.45) is 0 Å². The maximum Gasteiger partial charge on any atom is 0.416 e. The van der Waals surface area contributed by atoms with Crippen LogP contribution < -0.4 is 5.56 Å². The van der Waals surface area contributed by atoms with Gasteiger partial charge >= 0.3 is 6.18 Å². The molecule has 2 aromatic rings. The van der Waals surface area contributed by atoms with E-state index in [9.17, 15) is 18.0 Å². The van der Waals surface area contributed by atoms with Gasteiger partial charge in [-0.25, -0.2) is 5.10 Å². The third-order valence-electron chi connectivity index (χ3n) is 4.99. The van der Waals surface area contributed by atoms with E-state index in [4.69, 9.17) is 5.11 Å². The van der Waals surface area contributed by atoms with Gasteiger partial charge in [0.05, 0.1) is 11.3 Å². The van der Waals surface area contributed by atoms with Crippen molar-refractivity contribution in [2.75, 3.05) is 6.61 Å². The first-order valence-electron chi connectivity index (χ1n) is 10.3. The number of H-pyrrole nitrogens is 1. The summed E-state index contributed by atoms with van der Waals surface area (Å²) in [6, 6.07) is 6.92. The molecular formula is C22H29F3N2O2. The van der Waals surface area contributed by atoms with Crippen LogP contribution >= 0.6 is 0 Å². The number of unbranched alkanes of at least 4 members (excludes halogenated alkanes) is 8.